The van der Waals surface area contributed by atoms with Crippen molar-refractivity contribution in [2.24, 2.45) is 0 Å². The van der Waals surface area contributed by atoms with Gasteiger partial charge < -0.3 is 20.3 Å². The topological polar surface area (TPSA) is 95.9 Å². The molecule has 0 aliphatic carbocycles. The van der Waals surface area contributed by atoms with Crippen LogP contribution >= 0.6 is 0 Å². The van der Waals surface area contributed by atoms with E-state index in [-0.39, 0.29) is 24.9 Å². The third kappa shape index (κ3) is 48.8. The molecule has 3 N–H and O–H groups in total. The van der Waals surface area contributed by atoms with Gasteiger partial charge in [-0.25, -0.2) is 0 Å². The first-order valence-electron chi connectivity index (χ1n) is 29.6. The maximum absolute atomic E-state index is 13.3. The largest absolute Gasteiger partial charge is 0.462 e. The highest BCUT2D eigenvalue weighted by atomic mass is 16.5. The maximum Gasteiger partial charge on any atom is 0.306 e. The molecule has 0 aromatic carbocycles. The smallest absolute Gasteiger partial charge is 0.306 e. The lowest BCUT2D eigenvalue weighted by molar-refractivity contribution is -0.151. The predicted molar refractivity (Wildman–Crippen MR) is 287 cm³/mol. The molecule has 0 fully saturated rings. The lowest BCUT2D eigenvalue weighted by Gasteiger charge is -2.24. The van der Waals surface area contributed by atoms with Crippen LogP contribution in [0.4, 0.5) is 0 Å². The second kappa shape index (κ2) is 54.3. The number of carbonyl (C=O) groups excluding carboxylic acids is 2. The highest BCUT2D eigenvalue weighted by Crippen LogP contribution is 2.19. The van der Waals surface area contributed by atoms with Crippen molar-refractivity contribution in [1.82, 2.24) is 5.32 Å². The Labute approximate surface area is 411 Å². The van der Waals surface area contributed by atoms with Gasteiger partial charge in [0.15, 0.2) is 0 Å². The predicted octanol–water partition coefficient (Wildman–Crippen LogP) is 18.2. The molecule has 390 valence electrons. The molecule has 3 unspecified atom stereocenters. The number of aliphatic hydroxyl groups excluding tert-OH is 2. The van der Waals surface area contributed by atoms with Gasteiger partial charge in [0.25, 0.3) is 0 Å². The monoisotopic (exact) mass is 930 g/mol. The van der Waals surface area contributed by atoms with Crippen molar-refractivity contribution in [3.05, 3.63) is 24.3 Å². The van der Waals surface area contributed by atoms with Crippen LogP contribution in [-0.4, -0.2) is 46.9 Å². The average molecular weight is 931 g/mol. The zero-order valence-corrected chi connectivity index (χ0v) is 44.6. The van der Waals surface area contributed by atoms with Crippen molar-refractivity contribution in [1.29, 1.82) is 0 Å². The molecule has 6 nitrogen and oxygen atoms in total. The van der Waals surface area contributed by atoms with Crippen LogP contribution in [0.25, 0.3) is 0 Å². The van der Waals surface area contributed by atoms with Gasteiger partial charge in [0.05, 0.1) is 25.2 Å². The molecule has 0 saturated carbocycles. The summed E-state index contributed by atoms with van der Waals surface area (Å²) in [6, 6.07) is -0.702. The normalized spacial score (nSPS) is 13.2. The van der Waals surface area contributed by atoms with Crippen LogP contribution in [0.5, 0.6) is 0 Å². The Morgan fingerprint density at radius 3 is 1.23 bits per heavy atom. The lowest BCUT2D eigenvalue weighted by atomic mass is 10.0. The molecule has 0 aromatic heterocycles. The number of allylic oxidation sites excluding steroid dienone is 4. The number of carbonyl (C=O) groups is 2. The van der Waals surface area contributed by atoms with Gasteiger partial charge in [0, 0.05) is 6.42 Å². The fraction of sp³-hybridized carbons (Fsp3) is 0.900. The van der Waals surface area contributed by atoms with E-state index in [1.54, 1.807) is 0 Å². The second-order valence-electron chi connectivity index (χ2n) is 20.4. The molecule has 0 bridgehead atoms. The van der Waals surface area contributed by atoms with Gasteiger partial charge in [-0.1, -0.05) is 283 Å². The molecule has 0 aromatic rings. The standard InChI is InChI=1S/C60H115NO5/c1-4-7-10-13-16-19-22-25-27-29-31-33-35-38-41-44-47-50-53-60(65)66-56(51-48-45-42-39-36-24-21-18-15-12-9-6-3)54-59(64)61-57(55-62)58(63)52-49-46-43-40-37-34-32-30-28-26-23-20-17-14-11-8-5-2/h9,12,18,21,56-58,62-63H,4-8,10-11,13-17,19-20,22-55H2,1-3H3,(H,61,64)/b12-9+,21-18+. The SMILES string of the molecule is CC/C=C/C/C=C/CCCCCCCC(CC(=O)NC(CO)C(O)CCCCCCCCCCCCCCCCCCC)OC(=O)CCCCCCCCCCCCCCCCCCCC. The number of rotatable bonds is 54. The fourth-order valence-corrected chi connectivity index (χ4v) is 9.35. The molecule has 0 aliphatic heterocycles. The Bertz CT molecular complexity index is 1040. The van der Waals surface area contributed by atoms with Gasteiger partial charge in [-0.2, -0.15) is 0 Å². The number of hydrogen-bond acceptors (Lipinski definition) is 5. The zero-order valence-electron chi connectivity index (χ0n) is 44.6. The van der Waals surface area contributed by atoms with Crippen LogP contribution < -0.4 is 5.32 Å². The summed E-state index contributed by atoms with van der Waals surface area (Å²) in [5.41, 5.74) is 0. The molecule has 66 heavy (non-hydrogen) atoms. The van der Waals surface area contributed by atoms with Crippen molar-refractivity contribution >= 4 is 11.9 Å². The van der Waals surface area contributed by atoms with Gasteiger partial charge in [-0.15, -0.1) is 0 Å². The first kappa shape index (κ1) is 64.3. The Balaban J connectivity index is 4.43. The van der Waals surface area contributed by atoms with Crippen LogP contribution in [0.1, 0.15) is 323 Å². The number of aliphatic hydroxyl groups is 2. The van der Waals surface area contributed by atoms with Crippen LogP contribution in [0.15, 0.2) is 24.3 Å². The lowest BCUT2D eigenvalue weighted by Crippen LogP contribution is -2.46. The first-order chi connectivity index (χ1) is 32.5. The number of hydrogen-bond donors (Lipinski definition) is 3. The number of unbranched alkanes of at least 4 members (excludes halogenated alkanes) is 38. The van der Waals surface area contributed by atoms with E-state index < -0.39 is 18.2 Å². The van der Waals surface area contributed by atoms with Gasteiger partial charge in [-0.05, 0) is 51.4 Å². The van der Waals surface area contributed by atoms with E-state index in [0.29, 0.717) is 19.3 Å². The minimum atomic E-state index is -0.788. The Morgan fingerprint density at radius 1 is 0.455 bits per heavy atom. The third-order valence-electron chi connectivity index (χ3n) is 13.8. The number of ether oxygens (including phenoxy) is 1. The van der Waals surface area contributed by atoms with E-state index in [4.69, 9.17) is 4.74 Å². The Morgan fingerprint density at radius 2 is 0.818 bits per heavy atom. The zero-order chi connectivity index (χ0) is 48.1. The van der Waals surface area contributed by atoms with Crippen molar-refractivity contribution in [3.8, 4) is 0 Å². The van der Waals surface area contributed by atoms with E-state index in [2.05, 4.69) is 50.4 Å². The van der Waals surface area contributed by atoms with Crippen molar-refractivity contribution < 1.29 is 24.5 Å². The highest BCUT2D eigenvalue weighted by molar-refractivity contribution is 5.77. The Kier molecular flexibility index (Phi) is 52.9. The molecule has 0 saturated heterocycles. The quantitative estimate of drug-likeness (QED) is 0.0321. The van der Waals surface area contributed by atoms with Crippen molar-refractivity contribution in [2.45, 2.75) is 341 Å². The van der Waals surface area contributed by atoms with E-state index in [9.17, 15) is 19.8 Å². The van der Waals surface area contributed by atoms with Crippen LogP contribution in [0, 0.1) is 0 Å². The van der Waals surface area contributed by atoms with E-state index in [1.165, 1.54) is 205 Å². The molecule has 0 rings (SSSR count). The molecular weight excluding hydrogens is 815 g/mol. The van der Waals surface area contributed by atoms with E-state index in [1.807, 2.05) is 0 Å². The second-order valence-corrected chi connectivity index (χ2v) is 20.4. The minimum Gasteiger partial charge on any atom is -0.462 e. The van der Waals surface area contributed by atoms with Crippen LogP contribution in [-0.2, 0) is 14.3 Å². The van der Waals surface area contributed by atoms with Crippen molar-refractivity contribution in [2.75, 3.05) is 6.61 Å². The summed E-state index contributed by atoms with van der Waals surface area (Å²) in [6.45, 7) is 6.42. The molecular formula is C60H115NO5. The molecule has 6 heteroatoms. The van der Waals surface area contributed by atoms with Crippen LogP contribution in [0.2, 0.25) is 0 Å². The van der Waals surface area contributed by atoms with Gasteiger partial charge in [-0.3, -0.25) is 9.59 Å². The molecule has 0 aliphatic rings. The van der Waals surface area contributed by atoms with E-state index in [0.717, 1.165) is 70.6 Å². The number of esters is 1. The molecule has 0 radical (unpaired) electrons. The fourth-order valence-electron chi connectivity index (χ4n) is 9.35. The minimum absolute atomic E-state index is 0.0739. The Hall–Kier alpha value is -1.66. The first-order valence-corrected chi connectivity index (χ1v) is 29.6. The summed E-state index contributed by atoms with van der Waals surface area (Å²) in [4.78, 5) is 26.3. The molecule has 0 spiro atoms. The summed E-state index contributed by atoms with van der Waals surface area (Å²) in [7, 11) is 0. The van der Waals surface area contributed by atoms with Gasteiger partial charge >= 0.3 is 5.97 Å². The van der Waals surface area contributed by atoms with Gasteiger partial charge in [0.2, 0.25) is 5.91 Å². The average Bonchev–Trinajstić information content (AvgIpc) is 3.31. The highest BCUT2D eigenvalue weighted by Gasteiger charge is 2.24. The molecule has 1 amide bonds. The van der Waals surface area contributed by atoms with Crippen LogP contribution in [0.3, 0.4) is 0 Å². The summed E-state index contributed by atoms with van der Waals surface area (Å²) >= 11 is 0. The summed E-state index contributed by atoms with van der Waals surface area (Å²) in [5.74, 6) is -0.468. The maximum atomic E-state index is 13.3. The van der Waals surface area contributed by atoms with Crippen molar-refractivity contribution in [3.63, 3.8) is 0 Å². The molecule has 3 atom stereocenters. The third-order valence-corrected chi connectivity index (χ3v) is 13.8. The number of amides is 1. The summed E-state index contributed by atoms with van der Waals surface area (Å²) in [5, 5.41) is 23.9. The van der Waals surface area contributed by atoms with Gasteiger partial charge in [0.1, 0.15) is 6.10 Å². The molecule has 0 heterocycles. The number of nitrogens with one attached hydrogen (secondary N) is 1. The van der Waals surface area contributed by atoms with E-state index >= 15 is 0 Å². The summed E-state index contributed by atoms with van der Waals surface area (Å²) in [6.07, 6.45) is 64.0. The summed E-state index contributed by atoms with van der Waals surface area (Å²) < 4.78 is 5.96.